The SMILES string of the molecule is O=Cc1ncnc2c1CS(=O)CC2. The molecule has 5 heteroatoms. The molecule has 2 rings (SSSR count). The second kappa shape index (κ2) is 3.33. The first kappa shape index (κ1) is 8.50. The van der Waals surface area contributed by atoms with E-state index in [2.05, 4.69) is 9.97 Å². The van der Waals surface area contributed by atoms with Gasteiger partial charge in [0.15, 0.2) is 6.29 Å². The molecule has 2 heterocycles. The molecule has 0 saturated heterocycles. The molecule has 0 saturated carbocycles. The van der Waals surface area contributed by atoms with E-state index >= 15 is 0 Å². The molecule has 1 aromatic rings. The lowest BCUT2D eigenvalue weighted by atomic mass is 10.1. The Morgan fingerprint density at radius 3 is 3.08 bits per heavy atom. The Labute approximate surface area is 77.9 Å². The van der Waals surface area contributed by atoms with Crippen LogP contribution < -0.4 is 0 Å². The first-order valence-electron chi connectivity index (χ1n) is 3.94. The van der Waals surface area contributed by atoms with Gasteiger partial charge in [-0.15, -0.1) is 0 Å². The maximum Gasteiger partial charge on any atom is 0.168 e. The number of aryl methyl sites for hydroxylation is 1. The highest BCUT2D eigenvalue weighted by Crippen LogP contribution is 2.17. The van der Waals surface area contributed by atoms with Gasteiger partial charge in [-0.05, 0) is 0 Å². The van der Waals surface area contributed by atoms with Gasteiger partial charge in [0.1, 0.15) is 12.0 Å². The fourth-order valence-corrected chi connectivity index (χ4v) is 2.58. The molecule has 1 aliphatic heterocycles. The molecule has 0 amide bonds. The third-order valence-corrected chi connectivity index (χ3v) is 3.32. The topological polar surface area (TPSA) is 59.9 Å². The van der Waals surface area contributed by atoms with Crippen LogP contribution in [-0.4, -0.2) is 26.2 Å². The van der Waals surface area contributed by atoms with Crippen molar-refractivity contribution in [2.45, 2.75) is 12.2 Å². The van der Waals surface area contributed by atoms with Crippen molar-refractivity contribution in [1.29, 1.82) is 0 Å². The molecule has 13 heavy (non-hydrogen) atoms. The third kappa shape index (κ3) is 1.51. The van der Waals surface area contributed by atoms with Gasteiger partial charge in [0, 0.05) is 34.2 Å². The van der Waals surface area contributed by atoms with E-state index in [9.17, 15) is 9.00 Å². The maximum absolute atomic E-state index is 11.2. The van der Waals surface area contributed by atoms with Gasteiger partial charge >= 0.3 is 0 Å². The van der Waals surface area contributed by atoms with Crippen molar-refractivity contribution in [1.82, 2.24) is 9.97 Å². The van der Waals surface area contributed by atoms with E-state index in [0.29, 0.717) is 29.9 Å². The molecule has 1 aliphatic rings. The average molecular weight is 196 g/mol. The summed E-state index contributed by atoms with van der Waals surface area (Å²) < 4.78 is 11.2. The zero-order valence-electron chi connectivity index (χ0n) is 6.90. The molecule has 1 unspecified atom stereocenters. The van der Waals surface area contributed by atoms with Crippen molar-refractivity contribution in [3.8, 4) is 0 Å². The quantitative estimate of drug-likeness (QED) is 0.597. The number of carbonyl (C=O) groups is 1. The van der Waals surface area contributed by atoms with E-state index in [1.807, 2.05) is 0 Å². The lowest BCUT2D eigenvalue weighted by Gasteiger charge is -2.14. The number of nitrogens with zero attached hydrogens (tertiary/aromatic N) is 2. The molecule has 0 radical (unpaired) electrons. The van der Waals surface area contributed by atoms with Crippen molar-refractivity contribution in [2.75, 3.05) is 5.75 Å². The number of hydrogen-bond donors (Lipinski definition) is 0. The number of fused-ring (bicyclic) bond motifs is 1. The fourth-order valence-electron chi connectivity index (χ4n) is 1.38. The van der Waals surface area contributed by atoms with E-state index in [4.69, 9.17) is 0 Å². The molecule has 4 nitrogen and oxygen atoms in total. The van der Waals surface area contributed by atoms with Crippen LogP contribution in [0.1, 0.15) is 21.7 Å². The van der Waals surface area contributed by atoms with Gasteiger partial charge < -0.3 is 0 Å². The number of aldehydes is 1. The number of hydrogen-bond acceptors (Lipinski definition) is 4. The van der Waals surface area contributed by atoms with Crippen LogP contribution in [0.2, 0.25) is 0 Å². The molecule has 1 aromatic heterocycles. The van der Waals surface area contributed by atoms with Crippen LogP contribution in [0, 0.1) is 0 Å². The summed E-state index contributed by atoms with van der Waals surface area (Å²) in [4.78, 5) is 18.5. The Morgan fingerprint density at radius 1 is 1.46 bits per heavy atom. The van der Waals surface area contributed by atoms with Gasteiger partial charge in [-0.25, -0.2) is 9.97 Å². The Morgan fingerprint density at radius 2 is 2.31 bits per heavy atom. The van der Waals surface area contributed by atoms with E-state index in [0.717, 1.165) is 11.3 Å². The summed E-state index contributed by atoms with van der Waals surface area (Å²) in [5, 5.41) is 0. The summed E-state index contributed by atoms with van der Waals surface area (Å²) in [5.41, 5.74) is 2.02. The number of rotatable bonds is 1. The third-order valence-electron chi connectivity index (χ3n) is 2.05. The lowest BCUT2D eigenvalue weighted by Crippen LogP contribution is -2.17. The van der Waals surface area contributed by atoms with E-state index < -0.39 is 10.8 Å². The van der Waals surface area contributed by atoms with E-state index in [1.54, 1.807) is 0 Å². The molecule has 68 valence electrons. The van der Waals surface area contributed by atoms with E-state index in [-0.39, 0.29) is 0 Å². The standard InChI is InChI=1S/C8H8N2O2S/c11-3-8-6-4-13(12)2-1-7(6)9-5-10-8/h3,5H,1-2,4H2. The minimum atomic E-state index is -0.852. The minimum Gasteiger partial charge on any atom is -0.296 e. The first-order valence-corrected chi connectivity index (χ1v) is 5.43. The van der Waals surface area contributed by atoms with Gasteiger partial charge in [-0.2, -0.15) is 0 Å². The second-order valence-electron chi connectivity index (χ2n) is 2.84. The lowest BCUT2D eigenvalue weighted by molar-refractivity contribution is 0.111. The van der Waals surface area contributed by atoms with Crippen molar-refractivity contribution >= 4 is 17.1 Å². The van der Waals surface area contributed by atoms with Crippen LogP contribution in [0.4, 0.5) is 0 Å². The maximum atomic E-state index is 11.2. The predicted molar refractivity (Wildman–Crippen MR) is 47.8 cm³/mol. The number of carbonyl (C=O) groups excluding carboxylic acids is 1. The van der Waals surface area contributed by atoms with Gasteiger partial charge in [-0.3, -0.25) is 9.00 Å². The summed E-state index contributed by atoms with van der Waals surface area (Å²) in [7, 11) is -0.852. The zero-order chi connectivity index (χ0) is 9.26. The summed E-state index contributed by atoms with van der Waals surface area (Å²) in [6.45, 7) is 0. The van der Waals surface area contributed by atoms with Crippen molar-refractivity contribution in [3.63, 3.8) is 0 Å². The van der Waals surface area contributed by atoms with Gasteiger partial charge in [0.2, 0.25) is 0 Å². The summed E-state index contributed by atoms with van der Waals surface area (Å²) in [6, 6.07) is 0. The van der Waals surface area contributed by atoms with Gasteiger partial charge in [-0.1, -0.05) is 0 Å². The summed E-state index contributed by atoms with van der Waals surface area (Å²) in [6.07, 6.45) is 2.77. The molecule has 1 atom stereocenters. The molecular weight excluding hydrogens is 188 g/mol. The monoisotopic (exact) mass is 196 g/mol. The predicted octanol–water partition coefficient (Wildman–Crippen LogP) is 0.0939. The van der Waals surface area contributed by atoms with Crippen LogP contribution >= 0.6 is 0 Å². The smallest absolute Gasteiger partial charge is 0.168 e. The molecule has 0 spiro atoms. The normalized spacial score (nSPS) is 20.8. The highest BCUT2D eigenvalue weighted by Gasteiger charge is 2.18. The average Bonchev–Trinajstić information content (AvgIpc) is 2.17. The van der Waals surface area contributed by atoms with Crippen LogP contribution in [0.5, 0.6) is 0 Å². The summed E-state index contributed by atoms with van der Waals surface area (Å²) >= 11 is 0. The molecule has 0 aliphatic carbocycles. The van der Waals surface area contributed by atoms with Crippen molar-refractivity contribution < 1.29 is 9.00 Å². The molecule has 0 fully saturated rings. The largest absolute Gasteiger partial charge is 0.296 e. The summed E-state index contributed by atoms with van der Waals surface area (Å²) in [5.74, 6) is 1.06. The van der Waals surface area contributed by atoms with Crippen LogP contribution in [0.3, 0.4) is 0 Å². The Hall–Kier alpha value is -1.10. The van der Waals surface area contributed by atoms with Crippen molar-refractivity contribution in [2.24, 2.45) is 0 Å². The fraction of sp³-hybridized carbons (Fsp3) is 0.375. The van der Waals surface area contributed by atoms with Gasteiger partial charge in [0.25, 0.3) is 0 Å². The number of aromatic nitrogens is 2. The van der Waals surface area contributed by atoms with Crippen LogP contribution in [0.25, 0.3) is 0 Å². The Kier molecular flexibility index (Phi) is 2.18. The second-order valence-corrected chi connectivity index (χ2v) is 4.42. The highest BCUT2D eigenvalue weighted by molar-refractivity contribution is 7.84. The van der Waals surface area contributed by atoms with Crippen LogP contribution in [-0.2, 0) is 23.0 Å². The molecule has 0 aromatic carbocycles. The minimum absolute atomic E-state index is 0.387. The van der Waals surface area contributed by atoms with Gasteiger partial charge in [0.05, 0.1) is 5.75 Å². The molecule has 0 N–H and O–H groups in total. The Bertz CT molecular complexity index is 378. The molecular formula is C8H8N2O2S. The van der Waals surface area contributed by atoms with E-state index in [1.165, 1.54) is 6.33 Å². The molecule has 0 bridgehead atoms. The first-order chi connectivity index (χ1) is 6.31. The Balaban J connectivity index is 2.52. The highest BCUT2D eigenvalue weighted by atomic mass is 32.2. The van der Waals surface area contributed by atoms with Crippen molar-refractivity contribution in [3.05, 3.63) is 23.3 Å². The zero-order valence-corrected chi connectivity index (χ0v) is 7.71. The van der Waals surface area contributed by atoms with Crippen LogP contribution in [0.15, 0.2) is 6.33 Å².